The van der Waals surface area contributed by atoms with E-state index in [4.69, 9.17) is 4.74 Å². The number of carbonyl (C=O) groups excluding carboxylic acids is 1. The van der Waals surface area contributed by atoms with Crippen LogP contribution in [0.15, 0.2) is 30.3 Å². The van der Waals surface area contributed by atoms with Crippen LogP contribution in [0.1, 0.15) is 11.7 Å². The van der Waals surface area contributed by atoms with Crippen molar-refractivity contribution < 1.29 is 9.53 Å². The van der Waals surface area contributed by atoms with Gasteiger partial charge in [-0.2, -0.15) is 0 Å². The fraction of sp³-hybridized carbons (Fsp3) is 0.500. The van der Waals surface area contributed by atoms with Crippen LogP contribution in [-0.2, 0) is 9.53 Å². The van der Waals surface area contributed by atoms with Crippen LogP contribution < -0.4 is 0 Å². The van der Waals surface area contributed by atoms with E-state index in [2.05, 4.69) is 17.0 Å². The molecule has 18 heavy (non-hydrogen) atoms. The maximum Gasteiger partial charge on any atom is 0.236 e. The molecule has 0 radical (unpaired) electrons. The first-order valence-electron chi connectivity index (χ1n) is 6.26. The monoisotopic (exact) mass is 248 g/mol. The van der Waals surface area contributed by atoms with E-state index < -0.39 is 0 Å². The molecule has 1 amide bonds. The van der Waals surface area contributed by atoms with Crippen molar-refractivity contribution >= 4 is 5.91 Å². The van der Waals surface area contributed by atoms with Gasteiger partial charge in [0.05, 0.1) is 19.3 Å². The molecule has 98 valence electrons. The van der Waals surface area contributed by atoms with E-state index in [-0.39, 0.29) is 12.0 Å². The predicted molar refractivity (Wildman–Crippen MR) is 70.3 cm³/mol. The van der Waals surface area contributed by atoms with Crippen molar-refractivity contribution in [1.29, 1.82) is 0 Å². The molecule has 0 unspecified atom stereocenters. The SMILES string of the molecule is CN(C)C(=O)CN1CCO[C@@H](c2ccccc2)C1. The van der Waals surface area contributed by atoms with Crippen LogP contribution in [0.5, 0.6) is 0 Å². The maximum atomic E-state index is 11.7. The van der Waals surface area contributed by atoms with Crippen LogP contribution in [0.25, 0.3) is 0 Å². The van der Waals surface area contributed by atoms with Crippen molar-refractivity contribution in [1.82, 2.24) is 9.80 Å². The number of morpholine rings is 1. The highest BCUT2D eigenvalue weighted by Gasteiger charge is 2.23. The smallest absolute Gasteiger partial charge is 0.236 e. The van der Waals surface area contributed by atoms with Gasteiger partial charge < -0.3 is 9.64 Å². The summed E-state index contributed by atoms with van der Waals surface area (Å²) in [6.45, 7) is 2.76. The van der Waals surface area contributed by atoms with Crippen molar-refractivity contribution in [2.45, 2.75) is 6.10 Å². The summed E-state index contributed by atoms with van der Waals surface area (Å²) in [6.07, 6.45) is 0.0786. The lowest BCUT2D eigenvalue weighted by atomic mass is 10.1. The van der Waals surface area contributed by atoms with Crippen LogP contribution in [0.2, 0.25) is 0 Å². The number of hydrogen-bond acceptors (Lipinski definition) is 3. The largest absolute Gasteiger partial charge is 0.371 e. The van der Waals surface area contributed by atoms with Gasteiger partial charge in [-0.1, -0.05) is 30.3 Å². The van der Waals surface area contributed by atoms with Crippen LogP contribution in [0.3, 0.4) is 0 Å². The Kier molecular flexibility index (Phi) is 4.33. The number of amides is 1. The minimum atomic E-state index is 0.0786. The second-order valence-corrected chi connectivity index (χ2v) is 4.79. The minimum Gasteiger partial charge on any atom is -0.371 e. The molecule has 0 aromatic heterocycles. The average Bonchev–Trinajstić information content (AvgIpc) is 2.40. The lowest BCUT2D eigenvalue weighted by Crippen LogP contribution is -2.43. The molecule has 1 aliphatic rings. The zero-order valence-electron chi connectivity index (χ0n) is 11.0. The number of rotatable bonds is 3. The second-order valence-electron chi connectivity index (χ2n) is 4.79. The molecule has 2 rings (SSSR count). The number of nitrogens with zero attached hydrogens (tertiary/aromatic N) is 2. The van der Waals surface area contributed by atoms with E-state index in [0.29, 0.717) is 13.2 Å². The van der Waals surface area contributed by atoms with Crippen LogP contribution in [0, 0.1) is 0 Å². The quantitative estimate of drug-likeness (QED) is 0.804. The Labute approximate surface area is 108 Å². The molecule has 0 aliphatic carbocycles. The number of ether oxygens (including phenoxy) is 1. The normalized spacial score (nSPS) is 20.7. The standard InChI is InChI=1S/C14H20N2O2/c1-15(2)14(17)11-16-8-9-18-13(10-16)12-6-4-3-5-7-12/h3-7,13H,8-11H2,1-2H3/t13-/m1/s1. The molecule has 1 aliphatic heterocycles. The second kappa shape index (κ2) is 5.98. The first-order chi connectivity index (χ1) is 8.66. The molecule has 1 aromatic carbocycles. The van der Waals surface area contributed by atoms with Gasteiger partial charge in [0.1, 0.15) is 0 Å². The lowest BCUT2D eigenvalue weighted by Gasteiger charge is -2.33. The lowest BCUT2D eigenvalue weighted by molar-refractivity contribution is -0.132. The van der Waals surface area contributed by atoms with Crippen LogP contribution in [0.4, 0.5) is 0 Å². The van der Waals surface area contributed by atoms with Gasteiger partial charge in [0.25, 0.3) is 0 Å². The van der Waals surface area contributed by atoms with Gasteiger partial charge in [0, 0.05) is 27.2 Å². The molecule has 4 heteroatoms. The zero-order valence-corrected chi connectivity index (χ0v) is 11.0. The summed E-state index contributed by atoms with van der Waals surface area (Å²) in [5, 5.41) is 0. The molecular weight excluding hydrogens is 228 g/mol. The first-order valence-corrected chi connectivity index (χ1v) is 6.26. The number of hydrogen-bond donors (Lipinski definition) is 0. The molecule has 1 heterocycles. The maximum absolute atomic E-state index is 11.7. The summed E-state index contributed by atoms with van der Waals surface area (Å²) in [5.74, 6) is 0.142. The van der Waals surface area contributed by atoms with Crippen molar-refractivity contribution in [3.8, 4) is 0 Å². The molecular formula is C14H20N2O2. The van der Waals surface area contributed by atoms with Crippen molar-refractivity contribution in [2.75, 3.05) is 40.3 Å². The van der Waals surface area contributed by atoms with Crippen LogP contribution >= 0.6 is 0 Å². The molecule has 0 saturated carbocycles. The third-order valence-corrected chi connectivity index (χ3v) is 3.18. The predicted octanol–water partition coefficient (Wildman–Crippen LogP) is 1.15. The van der Waals surface area contributed by atoms with Crippen molar-refractivity contribution in [2.24, 2.45) is 0 Å². The molecule has 4 nitrogen and oxygen atoms in total. The Balaban J connectivity index is 1.95. The average molecular weight is 248 g/mol. The minimum absolute atomic E-state index is 0.0786. The summed E-state index contributed by atoms with van der Waals surface area (Å²) < 4.78 is 5.77. The summed E-state index contributed by atoms with van der Waals surface area (Å²) in [7, 11) is 3.58. The van der Waals surface area contributed by atoms with E-state index in [0.717, 1.165) is 13.1 Å². The molecule has 1 atom stereocenters. The Bertz CT molecular complexity index is 392. The van der Waals surface area contributed by atoms with Gasteiger partial charge in [-0.15, -0.1) is 0 Å². The Morgan fingerprint density at radius 1 is 1.39 bits per heavy atom. The molecule has 0 spiro atoms. The Morgan fingerprint density at radius 2 is 2.11 bits per heavy atom. The van der Waals surface area contributed by atoms with Gasteiger partial charge in [-0.25, -0.2) is 0 Å². The number of likely N-dealkylation sites (N-methyl/N-ethyl adjacent to an activating group) is 1. The topological polar surface area (TPSA) is 32.8 Å². The molecule has 0 N–H and O–H groups in total. The Morgan fingerprint density at radius 3 is 2.78 bits per heavy atom. The third-order valence-electron chi connectivity index (χ3n) is 3.18. The fourth-order valence-electron chi connectivity index (χ4n) is 2.05. The van der Waals surface area contributed by atoms with Gasteiger partial charge in [0.2, 0.25) is 5.91 Å². The molecule has 0 bridgehead atoms. The highest BCUT2D eigenvalue weighted by molar-refractivity contribution is 5.77. The summed E-state index contributed by atoms with van der Waals surface area (Å²) >= 11 is 0. The first kappa shape index (κ1) is 13.1. The van der Waals surface area contributed by atoms with Crippen LogP contribution in [-0.4, -0.2) is 56.0 Å². The van der Waals surface area contributed by atoms with Gasteiger partial charge in [0.15, 0.2) is 0 Å². The van der Waals surface area contributed by atoms with Gasteiger partial charge in [-0.3, -0.25) is 9.69 Å². The van der Waals surface area contributed by atoms with Crippen molar-refractivity contribution in [3.63, 3.8) is 0 Å². The van der Waals surface area contributed by atoms with E-state index in [1.807, 2.05) is 18.2 Å². The zero-order chi connectivity index (χ0) is 13.0. The van der Waals surface area contributed by atoms with E-state index in [9.17, 15) is 4.79 Å². The highest BCUT2D eigenvalue weighted by Crippen LogP contribution is 2.21. The summed E-state index contributed by atoms with van der Waals surface area (Å²) in [4.78, 5) is 15.5. The van der Waals surface area contributed by atoms with E-state index in [1.165, 1.54) is 5.56 Å². The van der Waals surface area contributed by atoms with Crippen molar-refractivity contribution in [3.05, 3.63) is 35.9 Å². The number of benzene rings is 1. The third kappa shape index (κ3) is 3.31. The fourth-order valence-corrected chi connectivity index (χ4v) is 2.05. The summed E-state index contributed by atoms with van der Waals surface area (Å²) in [5.41, 5.74) is 1.18. The molecule has 1 aromatic rings. The Hall–Kier alpha value is -1.39. The van der Waals surface area contributed by atoms with Gasteiger partial charge >= 0.3 is 0 Å². The molecule has 1 fully saturated rings. The van der Waals surface area contributed by atoms with Gasteiger partial charge in [-0.05, 0) is 5.56 Å². The summed E-state index contributed by atoms with van der Waals surface area (Å²) in [6, 6.07) is 10.2. The van der Waals surface area contributed by atoms with E-state index >= 15 is 0 Å². The molecule has 1 saturated heterocycles. The van der Waals surface area contributed by atoms with E-state index in [1.54, 1.807) is 19.0 Å². The highest BCUT2D eigenvalue weighted by atomic mass is 16.5. The number of carbonyl (C=O) groups is 1.